The Morgan fingerprint density at radius 2 is 0.722 bits per heavy atom. The van der Waals surface area contributed by atoms with Crippen molar-refractivity contribution in [2.45, 2.75) is 25.7 Å². The van der Waals surface area contributed by atoms with E-state index in [9.17, 15) is 59.2 Å². The Labute approximate surface area is 304 Å². The molecule has 4 rings (SSSR count). The van der Waals surface area contributed by atoms with Crippen LogP contribution in [0, 0.1) is 0 Å². The smallest absolute Gasteiger partial charge is 0.283 e. The number of amides is 4. The van der Waals surface area contributed by atoms with Crippen molar-refractivity contribution in [1.82, 2.24) is 39.4 Å². The maximum Gasteiger partial charge on any atom is 0.283 e. The van der Waals surface area contributed by atoms with E-state index >= 15 is 0 Å². The first-order chi connectivity index (χ1) is 25.8. The molecule has 0 fully saturated rings. The average molecular weight is 751 g/mol. The quantitative estimate of drug-likeness (QED) is 0.0577. The summed E-state index contributed by atoms with van der Waals surface area (Å²) in [5.74, 6) is -2.91. The molecule has 4 amide bonds. The van der Waals surface area contributed by atoms with Gasteiger partial charge in [-0.2, -0.15) is 0 Å². The summed E-state index contributed by atoms with van der Waals surface area (Å²) in [5, 5.41) is 45.2. The van der Waals surface area contributed by atoms with E-state index in [4.69, 9.17) is 0 Å². The molecule has 0 aliphatic carbocycles. The molecule has 0 saturated carbocycles. The van der Waals surface area contributed by atoms with E-state index in [-0.39, 0.29) is 107 Å². The first kappa shape index (κ1) is 39.7. The number of carbonyl (C=O) groups excluding carboxylic acids is 4. The van der Waals surface area contributed by atoms with Crippen LogP contribution in [0.5, 0.6) is 0 Å². The summed E-state index contributed by atoms with van der Waals surface area (Å²) in [6.45, 7) is 0.166. The van der Waals surface area contributed by atoms with Gasteiger partial charge in [-0.3, -0.25) is 38.4 Å². The fourth-order valence-corrected chi connectivity index (χ4v) is 5.28. The van der Waals surface area contributed by atoms with Gasteiger partial charge in [0.05, 0.1) is 0 Å². The van der Waals surface area contributed by atoms with Crippen molar-refractivity contribution in [2.24, 2.45) is 0 Å². The van der Waals surface area contributed by atoms with Crippen molar-refractivity contribution in [2.75, 3.05) is 39.3 Å². The maximum atomic E-state index is 13.5. The van der Waals surface area contributed by atoms with Crippen molar-refractivity contribution in [3.8, 4) is 0 Å². The van der Waals surface area contributed by atoms with Crippen molar-refractivity contribution >= 4 is 23.6 Å². The summed E-state index contributed by atoms with van der Waals surface area (Å²) in [4.78, 5) is 102. The van der Waals surface area contributed by atoms with Crippen LogP contribution in [0.25, 0.3) is 0 Å². The van der Waals surface area contributed by atoms with Gasteiger partial charge in [-0.25, -0.2) is 0 Å². The molecule has 0 aliphatic heterocycles. The fraction of sp³-hybridized carbons (Fsp3) is 0.294. The van der Waals surface area contributed by atoms with E-state index in [0.717, 1.165) is 24.3 Å². The van der Waals surface area contributed by atoms with Crippen LogP contribution in [0.1, 0.15) is 67.6 Å². The lowest BCUT2D eigenvalue weighted by Gasteiger charge is -2.26. The number of hydrogen-bond acceptors (Lipinski definition) is 12. The molecule has 0 unspecified atom stereocenters. The molecular formula is C34H38N8O12. The second-order valence-corrected chi connectivity index (χ2v) is 11.8. The van der Waals surface area contributed by atoms with Crippen LogP contribution in [0.15, 0.2) is 92.0 Å². The molecule has 286 valence electrons. The van der Waals surface area contributed by atoms with Gasteiger partial charge < -0.3 is 41.3 Å². The third-order valence-electron chi connectivity index (χ3n) is 8.08. The highest BCUT2D eigenvalue weighted by Gasteiger charge is 2.22. The highest BCUT2D eigenvalue weighted by molar-refractivity contribution is 5.94. The molecule has 4 heterocycles. The zero-order chi connectivity index (χ0) is 39.4. The Hall–Kier alpha value is -7.12. The van der Waals surface area contributed by atoms with Gasteiger partial charge in [-0.15, -0.1) is 18.9 Å². The molecule has 0 spiro atoms. The van der Waals surface area contributed by atoms with Crippen molar-refractivity contribution in [3.63, 3.8) is 0 Å². The second kappa shape index (κ2) is 18.4. The number of rotatable bonds is 17. The number of nitrogens with one attached hydrogen (secondary N) is 2. The van der Waals surface area contributed by atoms with Crippen LogP contribution in [-0.4, -0.2) is 112 Å². The monoisotopic (exact) mass is 750 g/mol. The molecule has 6 N–H and O–H groups in total. The van der Waals surface area contributed by atoms with Crippen LogP contribution in [0.2, 0.25) is 0 Å². The molecule has 0 bridgehead atoms. The standard InChI is InChI=1S/C34H38N8O12/c43-27-13-3-9-23(39(27)51)31(47)35-17-7-21-37(33(49)25-11-5-15-29(45)41(25)53)19-1-2-20-38(34(50)26-12-6-16-30(46)42(26)54)22-8-18-36-32(48)24-10-4-14-28(44)40(24)52/h3-6,9-16,51-54H,1-2,7-8,17-22H2,(H,35,47)(H,36,48). The minimum atomic E-state index is -0.839. The Bertz CT molecular complexity index is 2090. The number of carbonyl (C=O) groups is 4. The van der Waals surface area contributed by atoms with Gasteiger partial charge in [0.1, 0.15) is 22.8 Å². The van der Waals surface area contributed by atoms with Gasteiger partial charge in [0.25, 0.3) is 45.9 Å². The van der Waals surface area contributed by atoms with E-state index in [0.29, 0.717) is 0 Å². The Balaban J connectivity index is 1.41. The normalized spacial score (nSPS) is 10.7. The van der Waals surface area contributed by atoms with Crippen molar-refractivity contribution in [3.05, 3.63) is 137 Å². The van der Waals surface area contributed by atoms with Gasteiger partial charge >= 0.3 is 0 Å². The van der Waals surface area contributed by atoms with E-state index in [1.807, 2.05) is 0 Å². The molecule has 0 aliphatic rings. The molecule has 20 nitrogen and oxygen atoms in total. The van der Waals surface area contributed by atoms with E-state index in [1.165, 1.54) is 58.3 Å². The van der Waals surface area contributed by atoms with Crippen LogP contribution < -0.4 is 32.9 Å². The van der Waals surface area contributed by atoms with Crippen molar-refractivity contribution in [1.29, 1.82) is 0 Å². The number of aromatic nitrogens is 4. The summed E-state index contributed by atoms with van der Waals surface area (Å²) < 4.78 is 0.806. The van der Waals surface area contributed by atoms with E-state index in [1.54, 1.807) is 0 Å². The van der Waals surface area contributed by atoms with Gasteiger partial charge in [0.2, 0.25) is 0 Å². The predicted molar refractivity (Wildman–Crippen MR) is 186 cm³/mol. The molecule has 20 heteroatoms. The summed E-state index contributed by atoms with van der Waals surface area (Å²) in [5.41, 5.74) is -4.53. The van der Waals surface area contributed by atoms with Crippen LogP contribution >= 0.6 is 0 Å². The Morgan fingerprint density at radius 1 is 0.444 bits per heavy atom. The Morgan fingerprint density at radius 3 is 1.06 bits per heavy atom. The van der Waals surface area contributed by atoms with Gasteiger partial charge in [0, 0.05) is 63.5 Å². The van der Waals surface area contributed by atoms with E-state index in [2.05, 4.69) is 10.6 Å². The summed E-state index contributed by atoms with van der Waals surface area (Å²) >= 11 is 0. The minimum absolute atomic E-state index is 0.00576. The first-order valence-electron chi connectivity index (χ1n) is 16.6. The van der Waals surface area contributed by atoms with Gasteiger partial charge in [-0.05, 0) is 49.9 Å². The molecule has 4 aromatic rings. The highest BCUT2D eigenvalue weighted by atomic mass is 16.5. The molecular weight excluding hydrogens is 712 g/mol. The zero-order valence-corrected chi connectivity index (χ0v) is 28.7. The van der Waals surface area contributed by atoms with E-state index < -0.39 is 45.9 Å². The third-order valence-corrected chi connectivity index (χ3v) is 8.08. The maximum absolute atomic E-state index is 13.5. The fourth-order valence-electron chi connectivity index (χ4n) is 5.28. The zero-order valence-electron chi connectivity index (χ0n) is 28.7. The number of nitrogens with zero attached hydrogens (tertiary/aromatic N) is 6. The summed E-state index contributed by atoms with van der Waals surface area (Å²) in [6.07, 6.45) is 0.891. The van der Waals surface area contributed by atoms with Crippen molar-refractivity contribution < 1.29 is 40.0 Å². The summed E-state index contributed by atoms with van der Waals surface area (Å²) in [6, 6.07) is 14.4. The van der Waals surface area contributed by atoms with Crippen LogP contribution in [0.3, 0.4) is 0 Å². The molecule has 0 radical (unpaired) electrons. The third kappa shape index (κ3) is 9.80. The molecule has 0 aromatic carbocycles. The summed E-state index contributed by atoms with van der Waals surface area (Å²) in [7, 11) is 0. The predicted octanol–water partition coefficient (Wildman–Crippen LogP) is -0.712. The molecule has 54 heavy (non-hydrogen) atoms. The second-order valence-electron chi connectivity index (χ2n) is 11.8. The minimum Gasteiger partial charge on any atom is -0.425 e. The first-order valence-corrected chi connectivity index (χ1v) is 16.6. The lowest BCUT2D eigenvalue weighted by molar-refractivity contribution is 0.0657. The largest absolute Gasteiger partial charge is 0.425 e. The van der Waals surface area contributed by atoms with Gasteiger partial charge in [-0.1, -0.05) is 24.3 Å². The lowest BCUT2D eigenvalue weighted by atomic mass is 10.2. The number of pyridine rings is 4. The van der Waals surface area contributed by atoms with Crippen LogP contribution in [0.4, 0.5) is 0 Å². The van der Waals surface area contributed by atoms with Gasteiger partial charge in [0.15, 0.2) is 0 Å². The highest BCUT2D eigenvalue weighted by Crippen LogP contribution is 2.09. The lowest BCUT2D eigenvalue weighted by Crippen LogP contribution is -2.40. The average Bonchev–Trinajstić information content (AvgIpc) is 3.15. The Kier molecular flexibility index (Phi) is 13.5. The molecule has 0 saturated heterocycles. The number of unbranched alkanes of at least 4 members (excludes halogenated alkanes) is 1. The number of hydrogen-bond donors (Lipinski definition) is 6. The molecule has 0 atom stereocenters. The SMILES string of the molecule is O=C(NCCCN(CCCCN(CCCNC(=O)c1cccc(=O)n1O)C(=O)c1cccc(=O)n1O)C(=O)c1cccc(=O)n1O)c1cccc(=O)n1O. The van der Waals surface area contributed by atoms with Crippen LogP contribution in [-0.2, 0) is 0 Å². The molecule has 4 aromatic heterocycles. The topological polar surface area (TPSA) is 268 Å².